The molecule has 1 aliphatic heterocycles. The van der Waals surface area contributed by atoms with Crippen LogP contribution in [-0.2, 0) is 12.7 Å². The van der Waals surface area contributed by atoms with Crippen molar-refractivity contribution in [1.29, 1.82) is 0 Å². The summed E-state index contributed by atoms with van der Waals surface area (Å²) in [5, 5.41) is 11.0. The van der Waals surface area contributed by atoms with E-state index in [0.29, 0.717) is 41.7 Å². The number of amides is 1. The Morgan fingerprint density at radius 3 is 2.57 bits per heavy atom. The standard InChI is InChI=1S/C31H30F3N7O/c1-20-22(6-9-28-37-38-29-10-7-23(19-41(28)29)21-3-4-21)15-25(17-35-20)30(42)36-26-8-5-24(27(16-26)31(32,33)34)18-40-13-11-39(2)12-14-40/h5,7-8,10,15-17,19,21H,3-4,11-14,18H2,1-2H3,(H,36,42). The number of anilines is 1. The molecule has 1 aromatic carbocycles. The predicted molar refractivity (Wildman–Crippen MR) is 152 cm³/mol. The third-order valence-corrected chi connectivity index (χ3v) is 7.80. The van der Waals surface area contributed by atoms with Crippen molar-refractivity contribution in [2.75, 3.05) is 38.5 Å². The second kappa shape index (κ2) is 11.2. The van der Waals surface area contributed by atoms with Crippen molar-refractivity contribution in [3.63, 3.8) is 0 Å². The molecule has 216 valence electrons. The fourth-order valence-electron chi connectivity index (χ4n) is 5.06. The van der Waals surface area contributed by atoms with Gasteiger partial charge >= 0.3 is 6.18 Å². The molecule has 0 unspecified atom stereocenters. The molecular weight excluding hydrogens is 543 g/mol. The molecular formula is C31H30F3N7O. The van der Waals surface area contributed by atoms with Gasteiger partial charge in [-0.15, -0.1) is 10.2 Å². The van der Waals surface area contributed by atoms with Crippen LogP contribution in [0.3, 0.4) is 0 Å². The molecule has 1 N–H and O–H groups in total. The molecule has 8 nitrogen and oxygen atoms in total. The number of hydrogen-bond donors (Lipinski definition) is 1. The molecule has 0 spiro atoms. The number of pyridine rings is 2. The minimum atomic E-state index is -4.55. The summed E-state index contributed by atoms with van der Waals surface area (Å²) in [6.45, 7) is 4.99. The number of carbonyl (C=O) groups is 1. The van der Waals surface area contributed by atoms with Crippen molar-refractivity contribution < 1.29 is 18.0 Å². The first-order valence-corrected chi connectivity index (χ1v) is 13.9. The third-order valence-electron chi connectivity index (χ3n) is 7.80. The maximum absolute atomic E-state index is 14.0. The molecule has 1 amide bonds. The molecule has 4 aromatic rings. The van der Waals surface area contributed by atoms with Gasteiger partial charge in [0.25, 0.3) is 5.91 Å². The lowest BCUT2D eigenvalue weighted by Crippen LogP contribution is -2.44. The number of halogens is 3. The summed E-state index contributed by atoms with van der Waals surface area (Å²) in [5.41, 5.74) is 2.71. The van der Waals surface area contributed by atoms with Gasteiger partial charge in [-0.3, -0.25) is 19.1 Å². The number of benzene rings is 1. The average molecular weight is 574 g/mol. The Morgan fingerprint density at radius 1 is 1.05 bits per heavy atom. The Hall–Kier alpha value is -4.27. The zero-order chi connectivity index (χ0) is 29.4. The van der Waals surface area contributed by atoms with Crippen LogP contribution in [0, 0.1) is 18.8 Å². The number of alkyl halides is 3. The second-order valence-corrected chi connectivity index (χ2v) is 11.0. The fraction of sp³-hybridized carbons (Fsp3) is 0.355. The molecule has 1 saturated heterocycles. The molecule has 42 heavy (non-hydrogen) atoms. The van der Waals surface area contributed by atoms with E-state index in [9.17, 15) is 18.0 Å². The van der Waals surface area contributed by atoms with Crippen LogP contribution in [0.15, 0.2) is 48.8 Å². The lowest BCUT2D eigenvalue weighted by molar-refractivity contribution is -0.138. The normalized spacial score (nSPS) is 16.3. The van der Waals surface area contributed by atoms with Crippen LogP contribution in [-0.4, -0.2) is 68.5 Å². The highest BCUT2D eigenvalue weighted by atomic mass is 19.4. The van der Waals surface area contributed by atoms with Crippen molar-refractivity contribution in [3.05, 3.63) is 88.1 Å². The van der Waals surface area contributed by atoms with E-state index >= 15 is 0 Å². The highest BCUT2D eigenvalue weighted by Crippen LogP contribution is 2.40. The number of rotatable bonds is 5. The molecule has 1 aliphatic carbocycles. The van der Waals surface area contributed by atoms with Crippen molar-refractivity contribution in [1.82, 2.24) is 29.4 Å². The fourth-order valence-corrected chi connectivity index (χ4v) is 5.06. The Labute approximate surface area is 241 Å². The smallest absolute Gasteiger partial charge is 0.322 e. The Morgan fingerprint density at radius 2 is 1.83 bits per heavy atom. The van der Waals surface area contributed by atoms with E-state index in [4.69, 9.17) is 0 Å². The van der Waals surface area contributed by atoms with Gasteiger partial charge in [-0.05, 0) is 74.0 Å². The molecule has 2 fully saturated rings. The predicted octanol–water partition coefficient (Wildman–Crippen LogP) is 4.73. The van der Waals surface area contributed by atoms with Gasteiger partial charge in [0.2, 0.25) is 5.82 Å². The van der Waals surface area contributed by atoms with Gasteiger partial charge < -0.3 is 10.2 Å². The Kier molecular flexibility index (Phi) is 7.43. The van der Waals surface area contributed by atoms with E-state index in [1.165, 1.54) is 36.7 Å². The number of aromatic nitrogens is 4. The summed E-state index contributed by atoms with van der Waals surface area (Å²) in [7, 11) is 2.00. The summed E-state index contributed by atoms with van der Waals surface area (Å²) in [4.78, 5) is 21.5. The van der Waals surface area contributed by atoms with Crippen LogP contribution >= 0.6 is 0 Å². The number of carbonyl (C=O) groups excluding carboxylic acids is 1. The van der Waals surface area contributed by atoms with Crippen LogP contribution in [0.1, 0.15) is 62.9 Å². The topological polar surface area (TPSA) is 78.7 Å². The van der Waals surface area contributed by atoms with E-state index in [0.717, 1.165) is 19.2 Å². The van der Waals surface area contributed by atoms with Gasteiger partial charge in [0.05, 0.1) is 16.8 Å². The van der Waals surface area contributed by atoms with Gasteiger partial charge in [0.15, 0.2) is 5.65 Å². The molecule has 11 heteroatoms. The number of piperazine rings is 1. The molecule has 0 bridgehead atoms. The largest absolute Gasteiger partial charge is 0.416 e. The minimum Gasteiger partial charge on any atom is -0.322 e. The summed E-state index contributed by atoms with van der Waals surface area (Å²) >= 11 is 0. The van der Waals surface area contributed by atoms with Crippen molar-refractivity contribution in [2.24, 2.45) is 0 Å². The number of aryl methyl sites for hydroxylation is 1. The first-order chi connectivity index (χ1) is 20.1. The van der Waals surface area contributed by atoms with Gasteiger partial charge in [-0.2, -0.15) is 13.2 Å². The van der Waals surface area contributed by atoms with E-state index < -0.39 is 17.6 Å². The second-order valence-electron chi connectivity index (χ2n) is 11.0. The average Bonchev–Trinajstić information content (AvgIpc) is 3.74. The maximum atomic E-state index is 14.0. The molecule has 3 aromatic heterocycles. The first-order valence-electron chi connectivity index (χ1n) is 13.9. The summed E-state index contributed by atoms with van der Waals surface area (Å²) in [6, 6.07) is 9.51. The van der Waals surface area contributed by atoms with Gasteiger partial charge in [0, 0.05) is 56.4 Å². The molecule has 2 aliphatic rings. The molecule has 4 heterocycles. The lowest BCUT2D eigenvalue weighted by atomic mass is 10.0. The number of nitrogens with zero attached hydrogens (tertiary/aromatic N) is 6. The number of fused-ring (bicyclic) bond motifs is 1. The van der Waals surface area contributed by atoms with E-state index in [1.807, 2.05) is 28.6 Å². The SMILES string of the molecule is Cc1ncc(C(=O)Nc2ccc(CN3CCN(C)CC3)c(C(F)(F)F)c2)cc1C#Cc1nnc2ccc(C3CC3)cn12. The van der Waals surface area contributed by atoms with Gasteiger partial charge in [-0.1, -0.05) is 18.1 Å². The maximum Gasteiger partial charge on any atom is 0.416 e. The first kappa shape index (κ1) is 27.9. The molecule has 1 saturated carbocycles. The highest BCUT2D eigenvalue weighted by molar-refractivity contribution is 6.04. The van der Waals surface area contributed by atoms with E-state index in [-0.39, 0.29) is 23.4 Å². The van der Waals surface area contributed by atoms with Crippen LogP contribution in [0.4, 0.5) is 18.9 Å². The number of hydrogen-bond acceptors (Lipinski definition) is 6. The number of likely N-dealkylation sites (N-methyl/N-ethyl adjacent to an activating group) is 1. The monoisotopic (exact) mass is 573 g/mol. The van der Waals surface area contributed by atoms with Crippen molar-refractivity contribution in [2.45, 2.75) is 38.4 Å². The summed E-state index contributed by atoms with van der Waals surface area (Å²) in [5.74, 6) is 6.53. The van der Waals surface area contributed by atoms with Crippen LogP contribution in [0.2, 0.25) is 0 Å². The quantitative estimate of drug-likeness (QED) is 0.348. The Bertz CT molecular complexity index is 1710. The third kappa shape index (κ3) is 6.15. The molecule has 0 radical (unpaired) electrons. The summed E-state index contributed by atoms with van der Waals surface area (Å²) < 4.78 is 43.8. The van der Waals surface area contributed by atoms with Gasteiger partial charge in [-0.25, -0.2) is 0 Å². The molecule has 6 rings (SSSR count). The zero-order valence-electron chi connectivity index (χ0n) is 23.4. The van der Waals surface area contributed by atoms with E-state index in [2.05, 4.69) is 43.3 Å². The number of nitrogens with one attached hydrogen (secondary N) is 1. The van der Waals surface area contributed by atoms with Gasteiger partial charge in [0.1, 0.15) is 0 Å². The minimum absolute atomic E-state index is 0.0593. The summed E-state index contributed by atoms with van der Waals surface area (Å²) in [6.07, 6.45) is 1.19. The van der Waals surface area contributed by atoms with Crippen LogP contribution < -0.4 is 5.32 Å². The Balaban J connectivity index is 1.21. The zero-order valence-corrected chi connectivity index (χ0v) is 23.4. The van der Waals surface area contributed by atoms with E-state index in [1.54, 1.807) is 13.0 Å². The van der Waals surface area contributed by atoms with Crippen molar-refractivity contribution in [3.8, 4) is 11.8 Å². The van der Waals surface area contributed by atoms with Crippen molar-refractivity contribution >= 4 is 17.2 Å². The molecule has 0 atom stereocenters. The van der Waals surface area contributed by atoms with Crippen LogP contribution in [0.25, 0.3) is 5.65 Å². The highest BCUT2D eigenvalue weighted by Gasteiger charge is 2.34. The van der Waals surface area contributed by atoms with Crippen LogP contribution in [0.5, 0.6) is 0 Å². The lowest BCUT2D eigenvalue weighted by Gasteiger charge is -2.33.